The van der Waals surface area contributed by atoms with Crippen LogP contribution in [0.4, 0.5) is 18.3 Å². The molecule has 0 aliphatic heterocycles. The number of unbranched alkanes of at least 4 members (excludes halogenated alkanes) is 2. The second kappa shape index (κ2) is 8.55. The predicted molar refractivity (Wildman–Crippen MR) is 103 cm³/mol. The van der Waals surface area contributed by atoms with E-state index in [0.29, 0.717) is 28.6 Å². The van der Waals surface area contributed by atoms with Crippen molar-refractivity contribution < 1.29 is 17.9 Å². The molecular formula is C19H19F3N4OS. The van der Waals surface area contributed by atoms with E-state index in [9.17, 15) is 13.2 Å². The maximum absolute atomic E-state index is 13.6. The van der Waals surface area contributed by atoms with Crippen LogP contribution in [0.2, 0.25) is 0 Å². The van der Waals surface area contributed by atoms with E-state index in [1.807, 2.05) is 6.92 Å². The molecule has 2 heterocycles. The molecule has 9 heteroatoms. The first-order valence-corrected chi connectivity index (χ1v) is 9.65. The van der Waals surface area contributed by atoms with Gasteiger partial charge in [-0.2, -0.15) is 13.2 Å². The second-order valence-electron chi connectivity index (χ2n) is 6.09. The molecule has 1 aromatic carbocycles. The highest BCUT2D eigenvalue weighted by atomic mass is 32.1. The van der Waals surface area contributed by atoms with Crippen molar-refractivity contribution in [3.05, 3.63) is 41.5 Å². The van der Waals surface area contributed by atoms with Crippen LogP contribution in [0.15, 0.2) is 36.0 Å². The standard InChI is InChI=1S/C19H19F3N4OS/c1-2-3-4-9-27-15-6-5-12(10-13(15)19(20,21)22)16-17(25-8-7-24-16)14-11-28-18(23)26-14/h5-8,10-11H,2-4,9H2,1H3,(H2,23,26). The molecule has 5 nitrogen and oxygen atoms in total. The molecule has 0 radical (unpaired) electrons. The van der Waals surface area contributed by atoms with Crippen molar-refractivity contribution in [3.63, 3.8) is 0 Å². The summed E-state index contributed by atoms with van der Waals surface area (Å²) >= 11 is 1.22. The van der Waals surface area contributed by atoms with E-state index in [0.717, 1.165) is 18.9 Å². The zero-order valence-corrected chi connectivity index (χ0v) is 16.0. The third-order valence-electron chi connectivity index (χ3n) is 4.03. The van der Waals surface area contributed by atoms with E-state index in [4.69, 9.17) is 10.5 Å². The molecule has 2 N–H and O–H groups in total. The minimum Gasteiger partial charge on any atom is -0.493 e. The highest BCUT2D eigenvalue weighted by Gasteiger charge is 2.35. The van der Waals surface area contributed by atoms with Crippen LogP contribution in [0.3, 0.4) is 0 Å². The molecule has 2 aromatic heterocycles. The molecule has 28 heavy (non-hydrogen) atoms. The van der Waals surface area contributed by atoms with Gasteiger partial charge in [-0.25, -0.2) is 4.98 Å². The minimum absolute atomic E-state index is 0.185. The van der Waals surface area contributed by atoms with Gasteiger partial charge in [0.2, 0.25) is 0 Å². The fraction of sp³-hybridized carbons (Fsp3) is 0.316. The van der Waals surface area contributed by atoms with Crippen molar-refractivity contribution >= 4 is 16.5 Å². The number of nitrogens with zero attached hydrogens (tertiary/aromatic N) is 3. The smallest absolute Gasteiger partial charge is 0.419 e. The number of halogens is 3. The number of aromatic nitrogens is 3. The number of hydrogen-bond donors (Lipinski definition) is 1. The molecule has 0 unspecified atom stereocenters. The normalized spacial score (nSPS) is 11.6. The lowest BCUT2D eigenvalue weighted by Crippen LogP contribution is -2.10. The zero-order valence-electron chi connectivity index (χ0n) is 15.2. The van der Waals surface area contributed by atoms with Crippen molar-refractivity contribution in [1.82, 2.24) is 15.0 Å². The van der Waals surface area contributed by atoms with Crippen LogP contribution < -0.4 is 10.5 Å². The van der Waals surface area contributed by atoms with E-state index < -0.39 is 11.7 Å². The molecule has 3 rings (SSSR count). The van der Waals surface area contributed by atoms with Gasteiger partial charge < -0.3 is 10.5 Å². The summed E-state index contributed by atoms with van der Waals surface area (Å²) in [6.07, 6.45) is 0.907. The summed E-state index contributed by atoms with van der Waals surface area (Å²) in [5.41, 5.74) is 6.26. The van der Waals surface area contributed by atoms with E-state index in [2.05, 4.69) is 15.0 Å². The summed E-state index contributed by atoms with van der Waals surface area (Å²) in [6.45, 7) is 2.26. The van der Waals surface area contributed by atoms with Crippen LogP contribution in [0, 0.1) is 0 Å². The Morgan fingerprint density at radius 1 is 1.11 bits per heavy atom. The molecule has 0 aliphatic carbocycles. The van der Waals surface area contributed by atoms with Gasteiger partial charge in [0.15, 0.2) is 5.13 Å². The third kappa shape index (κ3) is 4.59. The van der Waals surface area contributed by atoms with Crippen molar-refractivity contribution in [2.24, 2.45) is 0 Å². The lowest BCUT2D eigenvalue weighted by atomic mass is 10.0. The summed E-state index contributed by atoms with van der Waals surface area (Å²) < 4.78 is 46.2. The van der Waals surface area contributed by atoms with Gasteiger partial charge in [-0.15, -0.1) is 11.3 Å². The van der Waals surface area contributed by atoms with Gasteiger partial charge in [0, 0.05) is 23.3 Å². The number of benzene rings is 1. The topological polar surface area (TPSA) is 73.9 Å². The number of nitrogens with two attached hydrogens (primary N) is 1. The van der Waals surface area contributed by atoms with Gasteiger partial charge in [0.25, 0.3) is 0 Å². The molecule has 0 fully saturated rings. The summed E-state index contributed by atoms with van der Waals surface area (Å²) in [5.74, 6) is -0.185. The minimum atomic E-state index is -4.55. The fourth-order valence-corrected chi connectivity index (χ4v) is 3.24. The molecule has 0 saturated heterocycles. The average molecular weight is 408 g/mol. The van der Waals surface area contributed by atoms with Crippen LogP contribution in [-0.4, -0.2) is 21.6 Å². The Morgan fingerprint density at radius 3 is 2.50 bits per heavy atom. The first-order valence-electron chi connectivity index (χ1n) is 8.77. The highest BCUT2D eigenvalue weighted by molar-refractivity contribution is 7.13. The maximum atomic E-state index is 13.6. The molecule has 0 bridgehead atoms. The van der Waals surface area contributed by atoms with Crippen molar-refractivity contribution in [2.45, 2.75) is 32.4 Å². The second-order valence-corrected chi connectivity index (χ2v) is 6.98. The first kappa shape index (κ1) is 20.1. The van der Waals surface area contributed by atoms with Gasteiger partial charge in [0.1, 0.15) is 17.1 Å². The van der Waals surface area contributed by atoms with E-state index in [1.165, 1.54) is 29.8 Å². The van der Waals surface area contributed by atoms with E-state index in [-0.39, 0.29) is 17.9 Å². The summed E-state index contributed by atoms with van der Waals surface area (Å²) in [5, 5.41) is 2.04. The number of alkyl halides is 3. The van der Waals surface area contributed by atoms with Crippen molar-refractivity contribution in [3.8, 4) is 28.4 Å². The van der Waals surface area contributed by atoms with Crippen LogP contribution in [0.1, 0.15) is 31.7 Å². The van der Waals surface area contributed by atoms with Crippen LogP contribution >= 0.6 is 11.3 Å². The Hall–Kier alpha value is -2.68. The monoisotopic (exact) mass is 408 g/mol. The molecule has 0 aliphatic rings. The van der Waals surface area contributed by atoms with Gasteiger partial charge in [-0.3, -0.25) is 9.97 Å². The van der Waals surface area contributed by atoms with Gasteiger partial charge in [-0.05, 0) is 24.6 Å². The third-order valence-corrected chi connectivity index (χ3v) is 4.70. The molecule has 0 amide bonds. The Labute approximate surface area is 164 Å². The number of nitrogen functional groups attached to an aromatic ring is 1. The largest absolute Gasteiger partial charge is 0.493 e. The van der Waals surface area contributed by atoms with Crippen LogP contribution in [0.25, 0.3) is 22.6 Å². The highest BCUT2D eigenvalue weighted by Crippen LogP contribution is 2.40. The van der Waals surface area contributed by atoms with Gasteiger partial charge in [-0.1, -0.05) is 19.8 Å². The van der Waals surface area contributed by atoms with Crippen LogP contribution in [0.5, 0.6) is 5.75 Å². The lowest BCUT2D eigenvalue weighted by Gasteiger charge is -2.16. The van der Waals surface area contributed by atoms with Crippen molar-refractivity contribution in [2.75, 3.05) is 12.3 Å². The summed E-state index contributed by atoms with van der Waals surface area (Å²) in [7, 11) is 0. The van der Waals surface area contributed by atoms with E-state index >= 15 is 0 Å². The van der Waals surface area contributed by atoms with Gasteiger partial charge >= 0.3 is 6.18 Å². The predicted octanol–water partition coefficient (Wildman–Crippen LogP) is 5.44. The Balaban J connectivity index is 2.00. The van der Waals surface area contributed by atoms with Crippen LogP contribution in [-0.2, 0) is 6.18 Å². The molecule has 148 valence electrons. The Bertz CT molecular complexity index is 943. The molecule has 3 aromatic rings. The fourth-order valence-electron chi connectivity index (χ4n) is 2.69. The Kier molecular flexibility index (Phi) is 6.13. The number of hydrogen-bond acceptors (Lipinski definition) is 6. The molecule has 0 spiro atoms. The first-order chi connectivity index (χ1) is 13.4. The number of rotatable bonds is 7. The molecular weight excluding hydrogens is 389 g/mol. The van der Waals surface area contributed by atoms with Crippen molar-refractivity contribution in [1.29, 1.82) is 0 Å². The quantitative estimate of drug-likeness (QED) is 0.527. The number of ether oxygens (including phenoxy) is 1. The number of anilines is 1. The lowest BCUT2D eigenvalue weighted by molar-refractivity contribution is -0.138. The number of thiazole rings is 1. The van der Waals surface area contributed by atoms with E-state index in [1.54, 1.807) is 11.4 Å². The zero-order chi connectivity index (χ0) is 20.1. The SMILES string of the molecule is CCCCCOc1ccc(-c2nccnc2-c2csc(N)n2)cc1C(F)(F)F. The average Bonchev–Trinajstić information content (AvgIpc) is 3.11. The summed E-state index contributed by atoms with van der Waals surface area (Å²) in [4.78, 5) is 12.6. The molecule has 0 saturated carbocycles. The summed E-state index contributed by atoms with van der Waals surface area (Å²) in [6, 6.07) is 3.92. The maximum Gasteiger partial charge on any atom is 0.419 e. The molecule has 0 atom stereocenters. The Morgan fingerprint density at radius 2 is 1.86 bits per heavy atom. The van der Waals surface area contributed by atoms with Gasteiger partial charge in [0.05, 0.1) is 17.9 Å².